The molecule has 0 aromatic heterocycles. The van der Waals surface area contributed by atoms with Gasteiger partial charge in [-0.2, -0.15) is 0 Å². The summed E-state index contributed by atoms with van der Waals surface area (Å²) in [6.07, 6.45) is 52.8. The molecular formula is C67H122O12. The highest BCUT2D eigenvalue weighted by Crippen LogP contribution is 2.27. The molecule has 1 rings (SSSR count). The lowest BCUT2D eigenvalue weighted by molar-refractivity contribution is -0.301. The van der Waals surface area contributed by atoms with Gasteiger partial charge in [0.1, 0.15) is 18.8 Å². The number of rotatable bonds is 58. The van der Waals surface area contributed by atoms with Crippen molar-refractivity contribution in [1.29, 1.82) is 0 Å². The highest BCUT2D eigenvalue weighted by Gasteiger charge is 2.50. The molecule has 1 heterocycles. The standard InChI is InChI=1S/C67H122O12/c1-4-7-10-13-16-19-22-25-27-29-30-32-33-36-38-41-44-47-50-53-59(68)75-56-58(77-60(69)54-51-48-45-42-40-37-34-31-28-26-23-20-17-14-11-8-5-2)57-76-67-65(63(72)62(71)64(79-67)66(73)74)78-61(70)55-52-49-46-43-39-35-24-21-18-15-12-9-6-3/h21,24-25,27,58,62-65,67,71-72H,4-20,22-23,26,28-57H2,1-3H3,(H,73,74)/b24-21-,27-25-. The van der Waals surface area contributed by atoms with Crippen molar-refractivity contribution < 1.29 is 58.2 Å². The van der Waals surface area contributed by atoms with Gasteiger partial charge in [-0.25, -0.2) is 4.79 Å². The molecular weight excluding hydrogens is 997 g/mol. The molecule has 0 aromatic rings. The van der Waals surface area contributed by atoms with Crippen LogP contribution in [0.2, 0.25) is 0 Å². The summed E-state index contributed by atoms with van der Waals surface area (Å²) >= 11 is 0. The smallest absolute Gasteiger partial charge is 0.335 e. The number of hydrogen-bond donors (Lipinski definition) is 3. The maximum absolute atomic E-state index is 13.2. The Kier molecular flexibility index (Phi) is 52.3. The number of allylic oxidation sites excluding steroid dienone is 4. The van der Waals surface area contributed by atoms with E-state index in [0.29, 0.717) is 19.3 Å². The van der Waals surface area contributed by atoms with Crippen LogP contribution in [-0.2, 0) is 42.9 Å². The maximum Gasteiger partial charge on any atom is 0.335 e. The van der Waals surface area contributed by atoms with Gasteiger partial charge in [0.05, 0.1) is 6.61 Å². The number of carboxylic acids is 1. The molecule has 12 nitrogen and oxygen atoms in total. The molecule has 79 heavy (non-hydrogen) atoms. The molecule has 1 saturated heterocycles. The van der Waals surface area contributed by atoms with Gasteiger partial charge in [0, 0.05) is 19.3 Å². The minimum Gasteiger partial charge on any atom is -0.479 e. The van der Waals surface area contributed by atoms with Crippen molar-refractivity contribution in [2.24, 2.45) is 0 Å². The Bertz CT molecular complexity index is 1470. The molecule has 1 aliphatic rings. The quantitative estimate of drug-likeness (QED) is 0.0228. The van der Waals surface area contributed by atoms with Crippen molar-refractivity contribution in [3.8, 4) is 0 Å². The first-order valence-corrected chi connectivity index (χ1v) is 33.3. The summed E-state index contributed by atoms with van der Waals surface area (Å²) in [4.78, 5) is 51.3. The van der Waals surface area contributed by atoms with E-state index < -0.39 is 67.3 Å². The van der Waals surface area contributed by atoms with Crippen LogP contribution in [0, 0.1) is 0 Å². The van der Waals surface area contributed by atoms with Crippen LogP contribution >= 0.6 is 0 Å². The minimum absolute atomic E-state index is 0.0549. The number of carbonyl (C=O) groups is 4. The van der Waals surface area contributed by atoms with Crippen LogP contribution < -0.4 is 0 Å². The van der Waals surface area contributed by atoms with Gasteiger partial charge in [0.15, 0.2) is 24.6 Å². The molecule has 6 atom stereocenters. The first-order valence-electron chi connectivity index (χ1n) is 33.3. The van der Waals surface area contributed by atoms with Gasteiger partial charge in [-0.05, 0) is 70.6 Å². The van der Waals surface area contributed by atoms with Crippen molar-refractivity contribution in [3.63, 3.8) is 0 Å². The fourth-order valence-electron chi connectivity index (χ4n) is 10.4. The second kappa shape index (κ2) is 55.7. The van der Waals surface area contributed by atoms with E-state index in [1.807, 2.05) is 0 Å². The van der Waals surface area contributed by atoms with E-state index in [1.54, 1.807) is 0 Å². The molecule has 3 N–H and O–H groups in total. The van der Waals surface area contributed by atoms with E-state index in [2.05, 4.69) is 45.1 Å². The van der Waals surface area contributed by atoms with Crippen molar-refractivity contribution in [2.45, 2.75) is 366 Å². The van der Waals surface area contributed by atoms with Gasteiger partial charge in [0.2, 0.25) is 0 Å². The number of hydrogen-bond acceptors (Lipinski definition) is 11. The summed E-state index contributed by atoms with van der Waals surface area (Å²) in [5.41, 5.74) is 0. The Morgan fingerprint density at radius 2 is 0.722 bits per heavy atom. The zero-order valence-electron chi connectivity index (χ0n) is 51.1. The van der Waals surface area contributed by atoms with Gasteiger partial charge in [-0.1, -0.05) is 263 Å². The first-order chi connectivity index (χ1) is 38.6. The van der Waals surface area contributed by atoms with Crippen molar-refractivity contribution in [3.05, 3.63) is 24.3 Å². The molecule has 0 aromatic carbocycles. The predicted molar refractivity (Wildman–Crippen MR) is 322 cm³/mol. The molecule has 0 radical (unpaired) electrons. The largest absolute Gasteiger partial charge is 0.479 e. The number of aliphatic carboxylic acids is 1. The molecule has 0 aliphatic carbocycles. The Hall–Kier alpha value is -2.80. The molecule has 1 aliphatic heterocycles. The summed E-state index contributed by atoms with van der Waals surface area (Å²) in [7, 11) is 0. The molecule has 462 valence electrons. The minimum atomic E-state index is -1.90. The number of aliphatic hydroxyl groups is 2. The fraction of sp³-hybridized carbons (Fsp3) is 0.881. The molecule has 1 fully saturated rings. The third-order valence-corrected chi connectivity index (χ3v) is 15.5. The van der Waals surface area contributed by atoms with Crippen LogP contribution in [0.3, 0.4) is 0 Å². The monoisotopic (exact) mass is 1120 g/mol. The summed E-state index contributed by atoms with van der Waals surface area (Å²) in [5.74, 6) is -3.09. The van der Waals surface area contributed by atoms with Crippen LogP contribution in [-0.4, -0.2) is 89.2 Å². The molecule has 0 spiro atoms. The van der Waals surface area contributed by atoms with E-state index in [9.17, 15) is 34.5 Å². The molecule has 12 heteroatoms. The van der Waals surface area contributed by atoms with Crippen LogP contribution in [0.25, 0.3) is 0 Å². The third-order valence-electron chi connectivity index (χ3n) is 15.5. The maximum atomic E-state index is 13.2. The molecule has 0 bridgehead atoms. The van der Waals surface area contributed by atoms with E-state index >= 15 is 0 Å². The fourth-order valence-corrected chi connectivity index (χ4v) is 10.4. The molecule has 0 amide bonds. The Morgan fingerprint density at radius 1 is 0.405 bits per heavy atom. The van der Waals surface area contributed by atoms with Gasteiger partial charge < -0.3 is 39.0 Å². The van der Waals surface area contributed by atoms with Crippen molar-refractivity contribution >= 4 is 23.9 Å². The number of ether oxygens (including phenoxy) is 5. The van der Waals surface area contributed by atoms with E-state index in [0.717, 1.165) is 77.0 Å². The molecule has 0 saturated carbocycles. The Labute approximate surface area is 483 Å². The lowest BCUT2D eigenvalue weighted by Gasteiger charge is -2.40. The van der Waals surface area contributed by atoms with Crippen LogP contribution in [0.4, 0.5) is 0 Å². The highest BCUT2D eigenvalue weighted by atomic mass is 16.7. The number of carboxylic acid groups (broad SMARTS) is 1. The SMILES string of the molecule is CCCCCC/C=C\CCCCCCCC(=O)OC1C(OCC(COC(=O)CCCCCCCCCCC/C=C\CCCCCCCC)OC(=O)CCCCCCCCCCCCCCCCCCC)OC(C(=O)O)C(O)C1O. The lowest BCUT2D eigenvalue weighted by atomic mass is 9.98. The van der Waals surface area contributed by atoms with Gasteiger partial charge in [-0.3, -0.25) is 14.4 Å². The normalized spacial score (nSPS) is 17.9. The van der Waals surface area contributed by atoms with Crippen molar-refractivity contribution in [1.82, 2.24) is 0 Å². The van der Waals surface area contributed by atoms with Gasteiger partial charge in [-0.15, -0.1) is 0 Å². The predicted octanol–water partition coefficient (Wildman–Crippen LogP) is 17.8. The van der Waals surface area contributed by atoms with Gasteiger partial charge in [0.25, 0.3) is 0 Å². The third kappa shape index (κ3) is 45.4. The average Bonchev–Trinajstić information content (AvgIpc) is 3.46. The second-order valence-electron chi connectivity index (χ2n) is 23.1. The number of unbranched alkanes of at least 4 members (excludes halogenated alkanes) is 40. The Morgan fingerprint density at radius 3 is 1.09 bits per heavy atom. The van der Waals surface area contributed by atoms with E-state index in [1.165, 1.54) is 193 Å². The van der Waals surface area contributed by atoms with Crippen molar-refractivity contribution in [2.75, 3.05) is 13.2 Å². The summed E-state index contributed by atoms with van der Waals surface area (Å²) in [6, 6.07) is 0. The zero-order chi connectivity index (χ0) is 57.5. The number of esters is 3. The lowest BCUT2D eigenvalue weighted by Crippen LogP contribution is -2.61. The number of aliphatic hydroxyl groups excluding tert-OH is 2. The van der Waals surface area contributed by atoms with Crippen LogP contribution in [0.15, 0.2) is 24.3 Å². The first kappa shape index (κ1) is 74.2. The average molecular weight is 1120 g/mol. The van der Waals surface area contributed by atoms with Crippen LogP contribution in [0.1, 0.15) is 329 Å². The summed E-state index contributed by atoms with van der Waals surface area (Å²) in [6.45, 7) is 6.03. The van der Waals surface area contributed by atoms with E-state index in [-0.39, 0.29) is 25.9 Å². The topological polar surface area (TPSA) is 175 Å². The van der Waals surface area contributed by atoms with Gasteiger partial charge >= 0.3 is 23.9 Å². The molecule has 6 unspecified atom stereocenters. The Balaban J connectivity index is 2.63. The number of carbonyl (C=O) groups excluding carboxylic acids is 3. The summed E-state index contributed by atoms with van der Waals surface area (Å²) in [5, 5.41) is 31.6. The summed E-state index contributed by atoms with van der Waals surface area (Å²) < 4.78 is 28.6. The van der Waals surface area contributed by atoms with E-state index in [4.69, 9.17) is 23.7 Å². The highest BCUT2D eigenvalue weighted by molar-refractivity contribution is 5.74. The zero-order valence-corrected chi connectivity index (χ0v) is 51.1. The second-order valence-corrected chi connectivity index (χ2v) is 23.1. The van der Waals surface area contributed by atoms with Crippen LogP contribution in [0.5, 0.6) is 0 Å².